The molecule has 0 aliphatic rings. The first kappa shape index (κ1) is 4.32. The molecule has 0 aliphatic carbocycles. The molecule has 0 saturated carbocycles. The highest BCUT2D eigenvalue weighted by molar-refractivity contribution is 7.78. The molecule has 0 atom stereocenters. The quantitative estimate of drug-likeness (QED) is 0.451. The Labute approximate surface area is 45.1 Å². The van der Waals surface area contributed by atoms with Crippen LogP contribution in [0.25, 0.3) is 0 Å². The molecule has 1 rings (SSSR count). The zero-order chi connectivity index (χ0) is 5.11. The van der Waals surface area contributed by atoms with Crippen molar-refractivity contribution < 1.29 is 0 Å². The van der Waals surface area contributed by atoms with Gasteiger partial charge in [-0.05, 0) is 10.4 Å². The summed E-state index contributed by atoms with van der Waals surface area (Å²) in [5, 5.41) is 9.85. The van der Waals surface area contributed by atoms with Gasteiger partial charge in [0.25, 0.3) is 0 Å². The molecule has 1 aromatic heterocycles. The first-order valence-corrected chi connectivity index (χ1v) is 2.01. The van der Waals surface area contributed by atoms with Crippen molar-refractivity contribution in [2.45, 2.75) is 0 Å². The molecule has 0 aromatic carbocycles. The number of rotatable bonds is 1. The van der Waals surface area contributed by atoms with Gasteiger partial charge >= 0.3 is 0 Å². The van der Waals surface area contributed by atoms with Gasteiger partial charge in [0, 0.05) is 0 Å². The maximum atomic E-state index is 4.44. The van der Waals surface area contributed by atoms with Crippen LogP contribution in [-0.2, 0) is 0 Å². The summed E-state index contributed by atoms with van der Waals surface area (Å²) in [5.41, 5.74) is 1.29. The van der Waals surface area contributed by atoms with Crippen LogP contribution < -0.4 is 0 Å². The molecule has 0 saturated heterocycles. The smallest absolute Gasteiger partial charge is 0.186 e. The number of nitrogens with zero attached hydrogens (tertiary/aromatic N) is 4. The summed E-state index contributed by atoms with van der Waals surface area (Å²) in [6.45, 7) is 0. The van der Waals surface area contributed by atoms with E-state index in [4.69, 9.17) is 0 Å². The molecule has 35 valence electrons. The first-order chi connectivity index (χ1) is 3.43. The van der Waals surface area contributed by atoms with Gasteiger partial charge in [-0.25, -0.2) is 0 Å². The maximum Gasteiger partial charge on any atom is 0.226 e. The van der Waals surface area contributed by atoms with Gasteiger partial charge < -0.3 is 0 Å². The van der Waals surface area contributed by atoms with Crippen molar-refractivity contribution in [1.29, 1.82) is 0 Å². The first-order valence-electron chi connectivity index (χ1n) is 1.54. The summed E-state index contributed by atoms with van der Waals surface area (Å²) >= 11 is 4.44. The summed E-state index contributed by atoms with van der Waals surface area (Å²) < 4.78 is 1.22. The Morgan fingerprint density at radius 3 is 2.86 bits per heavy atom. The molecule has 7 heavy (non-hydrogen) atoms. The van der Waals surface area contributed by atoms with E-state index < -0.39 is 0 Å². The third-order valence-corrected chi connectivity index (χ3v) is 0.628. The molecule has 5 heteroatoms. The Balaban J connectivity index is 2.96. The van der Waals surface area contributed by atoms with Gasteiger partial charge in [-0.15, -0.1) is 5.10 Å². The summed E-state index contributed by atoms with van der Waals surface area (Å²) in [5.74, 6) is 0. The third-order valence-electron chi connectivity index (χ3n) is 0.428. The van der Waals surface area contributed by atoms with E-state index in [9.17, 15) is 0 Å². The second kappa shape index (κ2) is 1.74. The molecule has 0 bridgehead atoms. The van der Waals surface area contributed by atoms with E-state index >= 15 is 0 Å². The lowest BCUT2D eigenvalue weighted by Crippen LogP contribution is -1.92. The molecular formula is C2HN4S. The van der Waals surface area contributed by atoms with Gasteiger partial charge in [0.2, 0.25) is 6.33 Å². The molecule has 0 N–H and O–H groups in total. The van der Waals surface area contributed by atoms with Gasteiger partial charge in [0.15, 0.2) is 0 Å². The minimum Gasteiger partial charge on any atom is -0.186 e. The van der Waals surface area contributed by atoms with Crippen LogP contribution in [0.15, 0.2) is 0 Å². The van der Waals surface area contributed by atoms with Crippen LogP contribution in [0.4, 0.5) is 0 Å². The Morgan fingerprint density at radius 2 is 2.57 bits per heavy atom. The molecule has 0 fully saturated rings. The SMILES string of the molecule is S=Cn1[c]nnn1. The van der Waals surface area contributed by atoms with Crippen molar-refractivity contribution >= 4 is 17.7 Å². The lowest BCUT2D eigenvalue weighted by atomic mass is 11.2. The fourth-order valence-corrected chi connectivity index (χ4v) is 0.283. The maximum absolute atomic E-state index is 4.44. The van der Waals surface area contributed by atoms with E-state index in [2.05, 4.69) is 34.1 Å². The summed E-state index contributed by atoms with van der Waals surface area (Å²) in [7, 11) is 0. The predicted octanol–water partition coefficient (Wildman–Crippen LogP) is -0.721. The largest absolute Gasteiger partial charge is 0.226 e. The zero-order valence-corrected chi connectivity index (χ0v) is 4.09. The Bertz CT molecular complexity index is 145. The summed E-state index contributed by atoms with van der Waals surface area (Å²) in [4.78, 5) is 0. The van der Waals surface area contributed by atoms with Gasteiger partial charge in [0.1, 0.15) is 0 Å². The molecule has 1 radical (unpaired) electrons. The zero-order valence-electron chi connectivity index (χ0n) is 3.27. The lowest BCUT2D eigenvalue weighted by Gasteiger charge is -1.72. The van der Waals surface area contributed by atoms with Gasteiger partial charge in [-0.2, -0.15) is 4.68 Å². The highest BCUT2D eigenvalue weighted by Gasteiger charge is 1.79. The van der Waals surface area contributed by atoms with Crippen LogP contribution in [-0.4, -0.2) is 25.7 Å². The number of hydrogen-bond donors (Lipinski definition) is 0. The average Bonchev–Trinajstić information content (AvgIpc) is 2.14. The fraction of sp³-hybridized carbons (Fsp3) is 0. The number of aromatic nitrogens is 4. The number of tetrazole rings is 1. The topological polar surface area (TPSA) is 43.6 Å². The van der Waals surface area contributed by atoms with Crippen LogP contribution in [0.3, 0.4) is 0 Å². The van der Waals surface area contributed by atoms with Crippen molar-refractivity contribution in [3.63, 3.8) is 0 Å². The average molecular weight is 113 g/mol. The van der Waals surface area contributed by atoms with Crippen LogP contribution >= 0.6 is 12.2 Å². The van der Waals surface area contributed by atoms with Gasteiger partial charge in [0.05, 0.1) is 5.49 Å². The highest BCUT2D eigenvalue weighted by Crippen LogP contribution is 1.61. The van der Waals surface area contributed by atoms with Gasteiger partial charge in [-0.1, -0.05) is 12.2 Å². The van der Waals surface area contributed by atoms with Crippen LogP contribution in [0.5, 0.6) is 0 Å². The standard InChI is InChI=1S/C2HN4S/c7-2-6-1-3-4-5-6/h2H. The highest BCUT2D eigenvalue weighted by atomic mass is 32.1. The van der Waals surface area contributed by atoms with Crippen LogP contribution in [0.1, 0.15) is 0 Å². The van der Waals surface area contributed by atoms with Crippen molar-refractivity contribution in [3.05, 3.63) is 6.33 Å². The molecule has 4 nitrogen and oxygen atoms in total. The van der Waals surface area contributed by atoms with Crippen LogP contribution in [0.2, 0.25) is 0 Å². The number of hydrogen-bond acceptors (Lipinski definition) is 4. The Kier molecular flexibility index (Phi) is 1.08. The monoisotopic (exact) mass is 113 g/mol. The molecule has 0 aliphatic heterocycles. The predicted molar refractivity (Wildman–Crippen MR) is 25.7 cm³/mol. The minimum atomic E-state index is 1.22. The molecule has 0 amide bonds. The van der Waals surface area contributed by atoms with Crippen molar-refractivity contribution in [2.24, 2.45) is 0 Å². The van der Waals surface area contributed by atoms with E-state index in [0.29, 0.717) is 0 Å². The second-order valence-corrected chi connectivity index (χ2v) is 1.04. The van der Waals surface area contributed by atoms with Crippen molar-refractivity contribution in [3.8, 4) is 0 Å². The number of thiocarbonyl (C=S) groups is 1. The van der Waals surface area contributed by atoms with E-state index in [0.717, 1.165) is 0 Å². The minimum absolute atomic E-state index is 1.22. The summed E-state index contributed by atoms with van der Waals surface area (Å²) in [6, 6.07) is 0. The molecule has 0 spiro atoms. The van der Waals surface area contributed by atoms with Crippen LogP contribution in [0, 0.1) is 6.33 Å². The Hall–Kier alpha value is -0.840. The van der Waals surface area contributed by atoms with Crippen molar-refractivity contribution in [1.82, 2.24) is 20.2 Å². The molecule has 0 unspecified atom stereocenters. The molecule has 1 aromatic rings. The fourth-order valence-electron chi connectivity index (χ4n) is 0.194. The van der Waals surface area contributed by atoms with E-state index in [-0.39, 0.29) is 0 Å². The van der Waals surface area contributed by atoms with Gasteiger partial charge in [-0.3, -0.25) is 0 Å². The van der Waals surface area contributed by atoms with E-state index in [1.54, 1.807) is 0 Å². The molecular weight excluding hydrogens is 112 g/mol. The van der Waals surface area contributed by atoms with E-state index in [1.807, 2.05) is 0 Å². The van der Waals surface area contributed by atoms with Crippen molar-refractivity contribution in [2.75, 3.05) is 0 Å². The molecule has 1 heterocycles. The second-order valence-electron chi connectivity index (χ2n) is 0.829. The lowest BCUT2D eigenvalue weighted by molar-refractivity contribution is 0.834. The Morgan fingerprint density at radius 1 is 1.71 bits per heavy atom. The third kappa shape index (κ3) is 0.774. The normalized spacial score (nSPS) is 8.57. The summed E-state index contributed by atoms with van der Waals surface area (Å²) in [6.07, 6.45) is 2.37. The van der Waals surface area contributed by atoms with E-state index in [1.165, 1.54) is 10.2 Å².